The van der Waals surface area contributed by atoms with Gasteiger partial charge in [-0.05, 0) is 37.0 Å². The Kier molecular flexibility index (Phi) is 4.29. The summed E-state index contributed by atoms with van der Waals surface area (Å²) in [6, 6.07) is 6.26. The predicted molar refractivity (Wildman–Crippen MR) is 66.4 cm³/mol. The zero-order valence-electron chi connectivity index (χ0n) is 10.1. The first-order valence-corrected chi connectivity index (χ1v) is 5.53. The Balaban J connectivity index is 3.04. The number of benzene rings is 1. The zero-order valence-corrected chi connectivity index (χ0v) is 10.1. The second-order valence-electron chi connectivity index (χ2n) is 4.00. The van der Waals surface area contributed by atoms with E-state index in [9.17, 15) is 4.79 Å². The number of hydrogen-bond acceptors (Lipinski definition) is 1. The molecule has 0 saturated carbocycles. The van der Waals surface area contributed by atoms with Crippen molar-refractivity contribution in [2.24, 2.45) is 0 Å². The first kappa shape index (κ1) is 12.5. The van der Waals surface area contributed by atoms with Crippen molar-refractivity contribution < 1.29 is 9.90 Å². The van der Waals surface area contributed by atoms with E-state index in [1.54, 1.807) is 6.08 Å². The van der Waals surface area contributed by atoms with Gasteiger partial charge < -0.3 is 5.11 Å². The fraction of sp³-hybridized carbons (Fsp3) is 0.357. The molecule has 0 radical (unpaired) electrons. The van der Waals surface area contributed by atoms with E-state index in [2.05, 4.69) is 32.0 Å². The third-order valence-corrected chi connectivity index (χ3v) is 2.63. The first-order valence-electron chi connectivity index (χ1n) is 5.53. The number of hydrogen-bond donors (Lipinski definition) is 1. The van der Waals surface area contributed by atoms with Crippen LogP contribution in [0.4, 0.5) is 0 Å². The second-order valence-corrected chi connectivity index (χ2v) is 4.00. The molecule has 0 fully saturated rings. The van der Waals surface area contributed by atoms with Gasteiger partial charge in [0, 0.05) is 0 Å². The molecule has 0 atom stereocenters. The Bertz CT molecular complexity index is 417. The summed E-state index contributed by atoms with van der Waals surface area (Å²) in [7, 11) is 0. The maximum Gasteiger partial charge on any atom is 0.307 e. The summed E-state index contributed by atoms with van der Waals surface area (Å²) in [5.41, 5.74) is 4.71. The van der Waals surface area contributed by atoms with Crippen molar-refractivity contribution in [3.8, 4) is 0 Å². The van der Waals surface area contributed by atoms with Gasteiger partial charge in [-0.1, -0.05) is 36.8 Å². The Labute approximate surface area is 96.6 Å². The van der Waals surface area contributed by atoms with Crippen LogP contribution in [0.3, 0.4) is 0 Å². The predicted octanol–water partition coefficient (Wildman–Crippen LogP) is 3.57. The lowest BCUT2D eigenvalue weighted by Crippen LogP contribution is -1.94. The average molecular weight is 218 g/mol. The summed E-state index contributed by atoms with van der Waals surface area (Å²) in [6.45, 7) is 6.17. The smallest absolute Gasteiger partial charge is 0.307 e. The first-order chi connectivity index (χ1) is 7.54. The average Bonchev–Trinajstić information content (AvgIpc) is 2.21. The summed E-state index contributed by atoms with van der Waals surface area (Å²) >= 11 is 0. The van der Waals surface area contributed by atoms with Gasteiger partial charge in [-0.15, -0.1) is 0 Å². The summed E-state index contributed by atoms with van der Waals surface area (Å²) < 4.78 is 0. The third kappa shape index (κ3) is 3.23. The molecule has 2 heteroatoms. The van der Waals surface area contributed by atoms with Gasteiger partial charge in [-0.25, -0.2) is 0 Å². The quantitative estimate of drug-likeness (QED) is 0.838. The van der Waals surface area contributed by atoms with Gasteiger partial charge in [0.25, 0.3) is 0 Å². The van der Waals surface area contributed by atoms with Crippen LogP contribution in [0.5, 0.6) is 0 Å². The van der Waals surface area contributed by atoms with E-state index in [-0.39, 0.29) is 6.42 Å². The summed E-state index contributed by atoms with van der Waals surface area (Å²) in [5, 5.41) is 8.67. The van der Waals surface area contributed by atoms with Crippen LogP contribution in [-0.4, -0.2) is 11.1 Å². The molecule has 0 unspecified atom stereocenters. The van der Waals surface area contributed by atoms with Gasteiger partial charge >= 0.3 is 5.97 Å². The third-order valence-electron chi connectivity index (χ3n) is 2.63. The van der Waals surface area contributed by atoms with Crippen LogP contribution in [0.1, 0.15) is 36.5 Å². The molecule has 2 nitrogen and oxygen atoms in total. The van der Waals surface area contributed by atoms with E-state index in [0.29, 0.717) is 0 Å². The molecule has 86 valence electrons. The summed E-state index contributed by atoms with van der Waals surface area (Å²) in [6.07, 6.45) is 2.76. The van der Waals surface area contributed by atoms with E-state index in [4.69, 9.17) is 5.11 Å². The van der Waals surface area contributed by atoms with Gasteiger partial charge in [0.05, 0.1) is 6.42 Å². The number of rotatable bonds is 4. The Morgan fingerprint density at radius 2 is 2.06 bits per heavy atom. The lowest BCUT2D eigenvalue weighted by atomic mass is 9.96. The molecule has 16 heavy (non-hydrogen) atoms. The topological polar surface area (TPSA) is 37.3 Å². The number of aryl methyl sites for hydroxylation is 2. The van der Waals surface area contributed by atoms with Crippen molar-refractivity contribution >= 4 is 11.5 Å². The molecule has 1 aromatic rings. The van der Waals surface area contributed by atoms with E-state index in [0.717, 1.165) is 17.6 Å². The molecule has 0 aromatic heterocycles. The van der Waals surface area contributed by atoms with Crippen molar-refractivity contribution in [1.29, 1.82) is 0 Å². The van der Waals surface area contributed by atoms with Crippen molar-refractivity contribution in [2.75, 3.05) is 0 Å². The number of allylic oxidation sites excluding steroid dienone is 1. The van der Waals surface area contributed by atoms with Gasteiger partial charge in [0.15, 0.2) is 0 Å². The molecule has 0 spiro atoms. The van der Waals surface area contributed by atoms with E-state index < -0.39 is 5.97 Å². The maximum absolute atomic E-state index is 10.5. The van der Waals surface area contributed by atoms with E-state index >= 15 is 0 Å². The largest absolute Gasteiger partial charge is 0.481 e. The molecular formula is C14H18O2. The molecule has 0 aliphatic heterocycles. The zero-order chi connectivity index (χ0) is 12.1. The van der Waals surface area contributed by atoms with Crippen LogP contribution in [0.25, 0.3) is 5.57 Å². The van der Waals surface area contributed by atoms with Gasteiger partial charge in [-0.3, -0.25) is 4.79 Å². The van der Waals surface area contributed by atoms with Gasteiger partial charge in [0.2, 0.25) is 0 Å². The molecule has 1 N–H and O–H groups in total. The summed E-state index contributed by atoms with van der Waals surface area (Å²) in [4.78, 5) is 10.5. The molecule has 0 aliphatic carbocycles. The van der Waals surface area contributed by atoms with E-state index in [1.165, 1.54) is 11.1 Å². The standard InChI is InChI=1S/C14H18O2/c1-4-12(6-8-14(15)16)13-7-5-10(2)9-11(13)3/h5-7,9H,4,8H2,1-3H3,(H,15,16)/b12-6+. The number of aliphatic carboxylic acids is 1. The summed E-state index contributed by atoms with van der Waals surface area (Å²) in [5.74, 6) is -0.782. The SMILES string of the molecule is CC/C(=C\CC(=O)O)c1ccc(C)cc1C. The number of carboxylic acid groups (broad SMARTS) is 1. The second kappa shape index (κ2) is 5.50. The van der Waals surface area contributed by atoms with Gasteiger partial charge in [0.1, 0.15) is 0 Å². The molecule has 0 bridgehead atoms. The lowest BCUT2D eigenvalue weighted by Gasteiger charge is -2.09. The maximum atomic E-state index is 10.5. The highest BCUT2D eigenvalue weighted by Gasteiger charge is 2.04. The number of carbonyl (C=O) groups is 1. The van der Waals surface area contributed by atoms with Crippen LogP contribution < -0.4 is 0 Å². The highest BCUT2D eigenvalue weighted by Crippen LogP contribution is 2.23. The van der Waals surface area contributed by atoms with Crippen LogP contribution in [0.2, 0.25) is 0 Å². The minimum atomic E-state index is -0.782. The minimum Gasteiger partial charge on any atom is -0.481 e. The molecule has 0 aliphatic rings. The fourth-order valence-electron chi connectivity index (χ4n) is 1.83. The lowest BCUT2D eigenvalue weighted by molar-refractivity contribution is -0.135. The van der Waals surface area contributed by atoms with Crippen molar-refractivity contribution in [2.45, 2.75) is 33.6 Å². The molecule has 1 rings (SSSR count). The molecular weight excluding hydrogens is 200 g/mol. The minimum absolute atomic E-state index is 0.0937. The monoisotopic (exact) mass is 218 g/mol. The van der Waals surface area contributed by atoms with E-state index in [1.807, 2.05) is 6.92 Å². The molecule has 0 saturated heterocycles. The highest BCUT2D eigenvalue weighted by atomic mass is 16.4. The van der Waals surface area contributed by atoms with Crippen molar-refractivity contribution in [3.63, 3.8) is 0 Å². The van der Waals surface area contributed by atoms with Crippen LogP contribution in [-0.2, 0) is 4.79 Å². The Morgan fingerprint density at radius 1 is 1.38 bits per heavy atom. The van der Waals surface area contributed by atoms with Crippen LogP contribution >= 0.6 is 0 Å². The highest BCUT2D eigenvalue weighted by molar-refractivity contribution is 5.75. The van der Waals surface area contributed by atoms with Crippen molar-refractivity contribution in [3.05, 3.63) is 41.0 Å². The Morgan fingerprint density at radius 3 is 2.56 bits per heavy atom. The Hall–Kier alpha value is -1.57. The van der Waals surface area contributed by atoms with Gasteiger partial charge in [-0.2, -0.15) is 0 Å². The van der Waals surface area contributed by atoms with Crippen LogP contribution in [0.15, 0.2) is 24.3 Å². The molecule has 0 heterocycles. The number of carboxylic acids is 1. The van der Waals surface area contributed by atoms with Crippen LogP contribution in [0, 0.1) is 13.8 Å². The molecule has 1 aromatic carbocycles. The normalized spacial score (nSPS) is 11.6. The molecule has 0 amide bonds. The van der Waals surface area contributed by atoms with Crippen molar-refractivity contribution in [1.82, 2.24) is 0 Å². The fourth-order valence-corrected chi connectivity index (χ4v) is 1.83.